The first-order valence-electron chi connectivity index (χ1n) is 7.44. The molecule has 0 heterocycles. The first kappa shape index (κ1) is 26.4. The van der Waals surface area contributed by atoms with Gasteiger partial charge < -0.3 is 19.8 Å². The van der Waals surface area contributed by atoms with Crippen LogP contribution in [0.4, 0.5) is 0 Å². The first-order valence-corrected chi connectivity index (χ1v) is 7.44. The molecule has 0 atom stereocenters. The second-order valence-corrected chi connectivity index (χ2v) is 5.28. The van der Waals surface area contributed by atoms with Crippen molar-refractivity contribution >= 4 is 11.9 Å². The Balaban J connectivity index is -0.00000162. The van der Waals surface area contributed by atoms with Crippen molar-refractivity contribution in [3.05, 3.63) is 0 Å². The molecule has 0 aromatic rings. The third-order valence-corrected chi connectivity index (χ3v) is 3.70. The number of rotatable bonds is 12. The van der Waals surface area contributed by atoms with Gasteiger partial charge in [-0.25, -0.2) is 0 Å². The zero-order chi connectivity index (χ0) is 14.7. The summed E-state index contributed by atoms with van der Waals surface area (Å²) in [6.45, 7) is 4.10. The molecule has 0 aliphatic rings. The summed E-state index contributed by atoms with van der Waals surface area (Å²) in [5.41, 5.74) is -1.79. The van der Waals surface area contributed by atoms with Crippen LogP contribution in [0.15, 0.2) is 0 Å². The van der Waals surface area contributed by atoms with Crippen LogP contribution in [0.5, 0.6) is 0 Å². The quantitative estimate of drug-likeness (QED) is 0.206. The number of carboxylic acids is 2. The molecule has 0 aromatic heterocycles. The molecule has 0 fully saturated rings. The van der Waals surface area contributed by atoms with Gasteiger partial charge in [-0.05, 0) is 12.8 Å². The minimum atomic E-state index is -1.79. The van der Waals surface area contributed by atoms with E-state index in [4.69, 9.17) is 0 Å². The number of unbranched alkanes of at least 4 members (excludes halogenated alkanes) is 6. The molecule has 0 saturated heterocycles. The van der Waals surface area contributed by atoms with Crippen LogP contribution < -0.4 is 58.6 Å². The number of carbonyl (C=O) groups is 2. The molecule has 0 aromatic carbocycles. The van der Waals surface area contributed by atoms with E-state index in [9.17, 15) is 19.8 Å². The molecule has 0 radical (unpaired) electrons. The maximum atomic E-state index is 11.3. The summed E-state index contributed by atoms with van der Waals surface area (Å²) in [6.07, 6.45) is 7.21. The Hall–Kier alpha value is 0.537. The zero-order valence-electron chi connectivity index (χ0n) is 14.2. The van der Waals surface area contributed by atoms with Crippen LogP contribution >= 0.6 is 0 Å². The van der Waals surface area contributed by atoms with Crippen molar-refractivity contribution < 1.29 is 68.2 Å². The average Bonchev–Trinajstić information content (AvgIpc) is 2.36. The number of carboxylic acid groups (broad SMARTS) is 2. The fourth-order valence-electron chi connectivity index (χ4n) is 2.32. The van der Waals surface area contributed by atoms with Gasteiger partial charge in [0.25, 0.3) is 0 Å². The molecule has 6 heteroatoms. The molecule has 0 unspecified atom stereocenters. The van der Waals surface area contributed by atoms with Gasteiger partial charge in [0.05, 0.1) is 11.9 Å². The first-order chi connectivity index (χ1) is 9.01. The average molecular weight is 300 g/mol. The van der Waals surface area contributed by atoms with Crippen molar-refractivity contribution in [1.82, 2.24) is 0 Å². The Morgan fingerprint density at radius 3 is 1.33 bits per heavy atom. The van der Waals surface area contributed by atoms with E-state index in [0.29, 0.717) is 12.8 Å². The van der Waals surface area contributed by atoms with Crippen molar-refractivity contribution in [1.29, 1.82) is 0 Å². The number of carbonyl (C=O) groups excluding carboxylic acids is 2. The van der Waals surface area contributed by atoms with Crippen molar-refractivity contribution in [3.8, 4) is 0 Å². The Morgan fingerprint density at radius 1 is 0.762 bits per heavy atom. The number of hydrogen-bond donors (Lipinski definition) is 0. The van der Waals surface area contributed by atoms with Crippen LogP contribution in [-0.4, -0.2) is 11.9 Å². The standard InChI is InChI=1S/C15H28O4.Li.Na/c1-3-5-7-9-11-15(13(16)17,14(18)19)12-10-8-6-4-2;;/h3-12H2,1-2H3,(H,16,17)(H,18,19);;/q;2*+1/p-2. The van der Waals surface area contributed by atoms with E-state index in [-0.39, 0.29) is 61.3 Å². The largest absolute Gasteiger partial charge is 1.00 e. The number of hydrogen-bond acceptors (Lipinski definition) is 4. The van der Waals surface area contributed by atoms with E-state index in [2.05, 4.69) is 13.8 Å². The third kappa shape index (κ3) is 10.0. The molecule has 0 rings (SSSR count). The Kier molecular flexibility index (Phi) is 19.4. The molecule has 0 spiro atoms. The van der Waals surface area contributed by atoms with E-state index in [1.165, 1.54) is 0 Å². The van der Waals surface area contributed by atoms with Gasteiger partial charge in [-0.3, -0.25) is 0 Å². The molecule has 0 aliphatic carbocycles. The number of aliphatic carboxylic acids is 2. The minimum Gasteiger partial charge on any atom is -0.549 e. The van der Waals surface area contributed by atoms with E-state index >= 15 is 0 Å². The van der Waals surface area contributed by atoms with Crippen LogP contribution in [-0.2, 0) is 9.59 Å². The second kappa shape index (κ2) is 15.4. The summed E-state index contributed by atoms with van der Waals surface area (Å²) in [5.74, 6) is -2.97. The van der Waals surface area contributed by atoms with Crippen LogP contribution in [0, 0.1) is 5.41 Å². The Labute approximate surface area is 162 Å². The summed E-state index contributed by atoms with van der Waals surface area (Å²) in [4.78, 5) is 22.5. The van der Waals surface area contributed by atoms with Crippen LogP contribution in [0.1, 0.15) is 78.1 Å². The van der Waals surface area contributed by atoms with Crippen molar-refractivity contribution in [2.24, 2.45) is 5.41 Å². The van der Waals surface area contributed by atoms with E-state index in [1.54, 1.807) is 0 Å². The van der Waals surface area contributed by atoms with Crippen molar-refractivity contribution in [2.75, 3.05) is 0 Å². The van der Waals surface area contributed by atoms with Gasteiger partial charge >= 0.3 is 48.4 Å². The Bertz CT molecular complexity index is 257. The molecule has 4 nitrogen and oxygen atoms in total. The molecule has 0 amide bonds. The normalized spacial score (nSPS) is 10.4. The monoisotopic (exact) mass is 300 g/mol. The molecule has 0 saturated carbocycles. The molecule has 0 N–H and O–H groups in total. The van der Waals surface area contributed by atoms with E-state index in [1.807, 2.05) is 0 Å². The van der Waals surface area contributed by atoms with Crippen LogP contribution in [0.2, 0.25) is 0 Å². The summed E-state index contributed by atoms with van der Waals surface area (Å²) in [6, 6.07) is 0. The van der Waals surface area contributed by atoms with Gasteiger partial charge in [0.2, 0.25) is 0 Å². The fourth-order valence-corrected chi connectivity index (χ4v) is 2.32. The summed E-state index contributed by atoms with van der Waals surface area (Å²) in [5, 5.41) is 22.5. The predicted molar refractivity (Wildman–Crippen MR) is 70.0 cm³/mol. The van der Waals surface area contributed by atoms with Gasteiger partial charge in [0.15, 0.2) is 0 Å². The third-order valence-electron chi connectivity index (χ3n) is 3.70. The molecule has 21 heavy (non-hydrogen) atoms. The van der Waals surface area contributed by atoms with E-state index in [0.717, 1.165) is 38.5 Å². The minimum absolute atomic E-state index is 0. The zero-order valence-corrected chi connectivity index (χ0v) is 16.2. The molecular formula is C15H26LiNaO4. The van der Waals surface area contributed by atoms with Crippen molar-refractivity contribution in [2.45, 2.75) is 78.1 Å². The van der Waals surface area contributed by atoms with E-state index < -0.39 is 17.4 Å². The topological polar surface area (TPSA) is 80.3 Å². The summed E-state index contributed by atoms with van der Waals surface area (Å²) >= 11 is 0. The van der Waals surface area contributed by atoms with Crippen LogP contribution in [0.25, 0.3) is 0 Å². The predicted octanol–water partition coefficient (Wildman–Crippen LogP) is -4.58. The molecular weight excluding hydrogens is 274 g/mol. The van der Waals surface area contributed by atoms with Crippen molar-refractivity contribution in [3.63, 3.8) is 0 Å². The fraction of sp³-hybridized carbons (Fsp3) is 0.867. The molecule has 0 bridgehead atoms. The SMILES string of the molecule is CCCCCCC(CCCCCC)(C(=O)[O-])C(=O)[O-].[Li+].[Na+]. The van der Waals surface area contributed by atoms with Gasteiger partial charge in [-0.2, -0.15) is 0 Å². The maximum absolute atomic E-state index is 11.3. The van der Waals surface area contributed by atoms with Crippen LogP contribution in [0.3, 0.4) is 0 Å². The maximum Gasteiger partial charge on any atom is 1.00 e. The summed E-state index contributed by atoms with van der Waals surface area (Å²) < 4.78 is 0. The van der Waals surface area contributed by atoms with Gasteiger partial charge in [0.1, 0.15) is 0 Å². The molecule has 112 valence electrons. The second-order valence-electron chi connectivity index (χ2n) is 5.28. The van der Waals surface area contributed by atoms with Gasteiger partial charge in [-0.15, -0.1) is 0 Å². The van der Waals surface area contributed by atoms with Gasteiger partial charge in [0, 0.05) is 5.41 Å². The Morgan fingerprint density at radius 2 is 1.10 bits per heavy atom. The summed E-state index contributed by atoms with van der Waals surface area (Å²) in [7, 11) is 0. The van der Waals surface area contributed by atoms with Gasteiger partial charge in [-0.1, -0.05) is 65.2 Å². The smallest absolute Gasteiger partial charge is 0.549 e. The molecule has 0 aliphatic heterocycles.